The van der Waals surface area contributed by atoms with Crippen molar-refractivity contribution in [3.05, 3.63) is 12.2 Å². The molecule has 0 aliphatic carbocycles. The molecule has 0 saturated carbocycles. The molecule has 0 saturated heterocycles. The minimum Gasteiger partial charge on any atom is -0.377 e. The van der Waals surface area contributed by atoms with Crippen LogP contribution in [0.4, 0.5) is 0 Å². The molecular formula is C20H30N3O7PS. The summed E-state index contributed by atoms with van der Waals surface area (Å²) in [6, 6.07) is 0. The van der Waals surface area contributed by atoms with Crippen LogP contribution in [0, 0.1) is 5.92 Å². The van der Waals surface area contributed by atoms with Gasteiger partial charge in [0.1, 0.15) is 6.61 Å². The molecule has 1 rings (SSSR count). The van der Waals surface area contributed by atoms with Gasteiger partial charge in [-0.1, -0.05) is 13.3 Å². The number of hydrogen-bond donors (Lipinski definition) is 2. The van der Waals surface area contributed by atoms with Crippen molar-refractivity contribution in [3.8, 4) is 0 Å². The predicted molar refractivity (Wildman–Crippen MR) is 120 cm³/mol. The van der Waals surface area contributed by atoms with Crippen LogP contribution in [-0.2, 0) is 45.3 Å². The second-order valence-electron chi connectivity index (χ2n) is 7.10. The van der Waals surface area contributed by atoms with Crippen molar-refractivity contribution in [3.63, 3.8) is 0 Å². The summed E-state index contributed by atoms with van der Waals surface area (Å²) in [6.07, 6.45) is 4.78. The molecular weight excluding hydrogens is 457 g/mol. The minimum atomic E-state index is -0.411. The lowest BCUT2D eigenvalue weighted by Crippen LogP contribution is -2.35. The zero-order chi connectivity index (χ0) is 23.8. The van der Waals surface area contributed by atoms with Crippen LogP contribution < -0.4 is 10.6 Å². The molecule has 0 radical (unpaired) electrons. The highest BCUT2D eigenvalue weighted by Crippen LogP contribution is 2.14. The van der Waals surface area contributed by atoms with Crippen molar-refractivity contribution in [1.82, 2.24) is 15.5 Å². The highest BCUT2D eigenvalue weighted by atomic mass is 32.4. The highest BCUT2D eigenvalue weighted by Gasteiger charge is 2.23. The molecule has 0 aromatic carbocycles. The molecule has 12 heteroatoms. The van der Waals surface area contributed by atoms with Crippen molar-refractivity contribution in [2.75, 3.05) is 46.1 Å². The van der Waals surface area contributed by atoms with E-state index in [1.54, 1.807) is 0 Å². The predicted octanol–water partition coefficient (Wildman–Crippen LogP) is 0.308. The lowest BCUT2D eigenvalue weighted by Gasteiger charge is -2.13. The maximum absolute atomic E-state index is 11.7. The first kappa shape index (κ1) is 28.0. The van der Waals surface area contributed by atoms with E-state index in [0.29, 0.717) is 13.9 Å². The zero-order valence-corrected chi connectivity index (χ0v) is 19.9. The molecule has 10 nitrogen and oxygen atoms in total. The number of nitrogens with zero attached hydrogens (tertiary/aromatic N) is 1. The fraction of sp³-hybridized carbons (Fsp3) is 0.650. The molecule has 1 unspecified atom stereocenters. The lowest BCUT2D eigenvalue weighted by atomic mass is 10.1. The fourth-order valence-corrected chi connectivity index (χ4v) is 3.52. The van der Waals surface area contributed by atoms with E-state index >= 15 is 0 Å². The third-order valence-electron chi connectivity index (χ3n) is 4.53. The van der Waals surface area contributed by atoms with Crippen LogP contribution in [0.3, 0.4) is 0 Å². The van der Waals surface area contributed by atoms with Crippen molar-refractivity contribution >= 4 is 48.3 Å². The molecule has 0 bridgehead atoms. The minimum absolute atomic E-state index is 0.0305. The van der Waals surface area contributed by atoms with E-state index in [-0.39, 0.29) is 69.2 Å². The Morgan fingerprint density at radius 2 is 1.66 bits per heavy atom. The second-order valence-corrected chi connectivity index (χ2v) is 8.27. The monoisotopic (exact) mass is 487 g/mol. The SMILES string of the molecule is CC(CCCCNC(=O)COCCOCCNC(=O)CCN1C(=O)C=CC1=O)C(=O)P=S. The first-order valence-corrected chi connectivity index (χ1v) is 12.4. The number of ether oxygens (including phenoxy) is 2. The second kappa shape index (κ2) is 16.5. The lowest BCUT2D eigenvalue weighted by molar-refractivity contribution is -0.137. The van der Waals surface area contributed by atoms with Gasteiger partial charge in [0.05, 0.1) is 27.2 Å². The molecule has 2 N–H and O–H groups in total. The Morgan fingerprint density at radius 3 is 2.34 bits per heavy atom. The van der Waals surface area contributed by atoms with Gasteiger partial charge in [-0.05, 0) is 24.6 Å². The summed E-state index contributed by atoms with van der Waals surface area (Å²) in [5.41, 5.74) is 0.0627. The van der Waals surface area contributed by atoms with E-state index < -0.39 is 11.8 Å². The van der Waals surface area contributed by atoms with E-state index in [2.05, 4.69) is 10.6 Å². The number of carbonyl (C=O) groups excluding carboxylic acids is 5. The molecule has 178 valence electrons. The summed E-state index contributed by atoms with van der Waals surface area (Å²) in [6.45, 7) is 3.46. The molecule has 1 atom stereocenters. The van der Waals surface area contributed by atoms with Crippen LogP contribution in [-0.4, -0.2) is 80.1 Å². The first-order chi connectivity index (χ1) is 15.3. The van der Waals surface area contributed by atoms with E-state index in [1.165, 1.54) is 12.2 Å². The molecule has 0 aromatic heterocycles. The summed E-state index contributed by atoms with van der Waals surface area (Å²) >= 11 is 4.71. The van der Waals surface area contributed by atoms with Gasteiger partial charge in [0, 0.05) is 44.1 Å². The average molecular weight is 488 g/mol. The average Bonchev–Trinajstić information content (AvgIpc) is 3.10. The first-order valence-electron chi connectivity index (χ1n) is 10.4. The summed E-state index contributed by atoms with van der Waals surface area (Å²) in [5.74, 6) is -1.35. The number of unbranched alkanes of at least 4 members (excludes halogenated alkanes) is 1. The number of imide groups is 1. The van der Waals surface area contributed by atoms with Gasteiger partial charge in [0.2, 0.25) is 11.8 Å². The standard InChI is InChI=1S/C20H30N3O7PS/c1-15(20(28)31-32)4-2-3-8-21-17(25)14-30-13-12-29-11-9-22-16(24)7-10-23-18(26)5-6-19(23)27/h5-6,15H,2-4,7-14H2,1H3,(H,21,25)(H,22,24). The van der Waals surface area contributed by atoms with Gasteiger partial charge < -0.3 is 20.1 Å². The number of rotatable bonds is 18. The Bertz CT molecular complexity index is 699. The summed E-state index contributed by atoms with van der Waals surface area (Å²) in [5, 5.41) is 5.38. The third kappa shape index (κ3) is 12.1. The summed E-state index contributed by atoms with van der Waals surface area (Å²) in [4.78, 5) is 58.5. The molecule has 1 heterocycles. The van der Waals surface area contributed by atoms with Crippen molar-refractivity contribution in [2.45, 2.75) is 32.6 Å². The maximum Gasteiger partial charge on any atom is 0.253 e. The normalized spacial score (nSPS) is 14.1. The molecule has 0 fully saturated rings. The van der Waals surface area contributed by atoms with E-state index in [9.17, 15) is 24.0 Å². The summed E-state index contributed by atoms with van der Waals surface area (Å²) in [7, 11) is 0.377. The number of hydrogen-bond acceptors (Lipinski definition) is 8. The number of carbonyl (C=O) groups is 5. The molecule has 1 aliphatic rings. The Labute approximate surface area is 194 Å². The Morgan fingerprint density at radius 1 is 1.00 bits per heavy atom. The Balaban J connectivity index is 1.89. The van der Waals surface area contributed by atoms with Crippen LogP contribution in [0.5, 0.6) is 0 Å². The van der Waals surface area contributed by atoms with Crippen molar-refractivity contribution in [2.24, 2.45) is 5.92 Å². The number of nitrogens with one attached hydrogen (secondary N) is 2. The number of amides is 4. The van der Waals surface area contributed by atoms with Gasteiger partial charge in [0.15, 0.2) is 5.52 Å². The van der Waals surface area contributed by atoms with Gasteiger partial charge in [0.25, 0.3) is 11.8 Å². The van der Waals surface area contributed by atoms with Crippen LogP contribution in [0.25, 0.3) is 0 Å². The molecule has 0 spiro atoms. The van der Waals surface area contributed by atoms with Crippen LogP contribution in [0.1, 0.15) is 32.6 Å². The van der Waals surface area contributed by atoms with Gasteiger partial charge >= 0.3 is 0 Å². The summed E-state index contributed by atoms with van der Waals surface area (Å²) < 4.78 is 10.5. The van der Waals surface area contributed by atoms with E-state index in [1.807, 2.05) is 6.92 Å². The Kier molecular flexibility index (Phi) is 14.5. The van der Waals surface area contributed by atoms with Gasteiger partial charge in [-0.25, -0.2) is 0 Å². The van der Waals surface area contributed by atoms with Crippen molar-refractivity contribution < 1.29 is 33.4 Å². The highest BCUT2D eigenvalue weighted by molar-refractivity contribution is 8.03. The Hall–Kier alpha value is -2.07. The van der Waals surface area contributed by atoms with E-state index in [4.69, 9.17) is 21.3 Å². The molecule has 32 heavy (non-hydrogen) atoms. The fourth-order valence-electron chi connectivity index (χ4n) is 2.67. The topological polar surface area (TPSA) is 131 Å². The van der Waals surface area contributed by atoms with Crippen molar-refractivity contribution in [1.29, 1.82) is 0 Å². The maximum atomic E-state index is 11.7. The van der Waals surface area contributed by atoms with Crippen LogP contribution in [0.2, 0.25) is 0 Å². The molecule has 4 amide bonds. The largest absolute Gasteiger partial charge is 0.377 e. The van der Waals surface area contributed by atoms with Gasteiger partial charge in [-0.3, -0.25) is 28.9 Å². The van der Waals surface area contributed by atoms with Gasteiger partial charge in [-0.15, -0.1) is 0 Å². The smallest absolute Gasteiger partial charge is 0.253 e. The third-order valence-corrected chi connectivity index (χ3v) is 5.69. The van der Waals surface area contributed by atoms with Crippen LogP contribution >= 0.6 is 7.36 Å². The van der Waals surface area contributed by atoms with E-state index in [0.717, 1.165) is 24.2 Å². The molecule has 1 aliphatic heterocycles. The quantitative estimate of drug-likeness (QED) is 0.160. The van der Waals surface area contributed by atoms with Gasteiger partial charge in [-0.2, -0.15) is 0 Å². The zero-order valence-electron chi connectivity index (χ0n) is 18.2. The molecule has 0 aromatic rings. The van der Waals surface area contributed by atoms with Crippen LogP contribution in [0.15, 0.2) is 12.2 Å².